The topological polar surface area (TPSA) is 45.2 Å². The highest BCUT2D eigenvalue weighted by Crippen LogP contribution is 2.31. The molecule has 2 aliphatic rings. The first-order valence-electron chi connectivity index (χ1n) is 8.52. The number of carbonyl (C=O) groups is 1. The highest BCUT2D eigenvalue weighted by atomic mass is 32.2. The van der Waals surface area contributed by atoms with Gasteiger partial charge in [-0.15, -0.1) is 0 Å². The fourth-order valence-corrected chi connectivity index (χ4v) is 4.09. The summed E-state index contributed by atoms with van der Waals surface area (Å²) in [4.78, 5) is 20.7. The van der Waals surface area contributed by atoms with Crippen LogP contribution in [0.25, 0.3) is 0 Å². The maximum absolute atomic E-state index is 12.7. The van der Waals surface area contributed by atoms with Gasteiger partial charge in [0.2, 0.25) is 0 Å². The van der Waals surface area contributed by atoms with Gasteiger partial charge in [-0.05, 0) is 43.5 Å². The van der Waals surface area contributed by atoms with E-state index in [4.69, 9.17) is 0 Å². The molecule has 4 nitrogen and oxygen atoms in total. The van der Waals surface area contributed by atoms with Crippen LogP contribution < -0.4 is 5.32 Å². The summed E-state index contributed by atoms with van der Waals surface area (Å²) in [6, 6.07) is 14.8. The maximum Gasteiger partial charge on any atom is 0.254 e. The van der Waals surface area contributed by atoms with Gasteiger partial charge in [0.25, 0.3) is 5.91 Å². The van der Waals surface area contributed by atoms with E-state index in [1.165, 1.54) is 24.6 Å². The van der Waals surface area contributed by atoms with Gasteiger partial charge in [-0.2, -0.15) is 0 Å². The van der Waals surface area contributed by atoms with Crippen molar-refractivity contribution in [1.29, 1.82) is 0 Å². The molecular weight excluding hydrogens is 318 g/mol. The molecule has 2 aromatic rings. The number of benzene rings is 1. The standard InChI is InChI=1S/C19H21N3OS/c23-18(21-14-10-12-22(13-14)15-8-9-15)17-7-4-11-20-19(17)24-16-5-2-1-3-6-16/h1-7,11,14-15H,8-10,12-13H2,(H,21,23)/t14-/m1/s1. The molecule has 1 amide bonds. The monoisotopic (exact) mass is 339 g/mol. The summed E-state index contributed by atoms with van der Waals surface area (Å²) < 4.78 is 0. The maximum atomic E-state index is 12.7. The van der Waals surface area contributed by atoms with Crippen LogP contribution in [0.3, 0.4) is 0 Å². The molecule has 0 unspecified atom stereocenters. The zero-order valence-corrected chi connectivity index (χ0v) is 14.3. The van der Waals surface area contributed by atoms with Crippen molar-refractivity contribution in [2.45, 2.75) is 41.3 Å². The van der Waals surface area contributed by atoms with Crippen LogP contribution in [0.4, 0.5) is 0 Å². The number of hydrogen-bond acceptors (Lipinski definition) is 4. The second kappa shape index (κ2) is 6.95. The van der Waals surface area contributed by atoms with Crippen molar-refractivity contribution in [3.8, 4) is 0 Å². The zero-order chi connectivity index (χ0) is 16.4. The Balaban J connectivity index is 1.44. The molecule has 1 aromatic carbocycles. The van der Waals surface area contributed by atoms with Gasteiger partial charge in [0.15, 0.2) is 0 Å². The third kappa shape index (κ3) is 3.62. The second-order valence-corrected chi connectivity index (χ2v) is 7.52. The number of likely N-dealkylation sites (tertiary alicyclic amines) is 1. The van der Waals surface area contributed by atoms with E-state index in [-0.39, 0.29) is 11.9 Å². The lowest BCUT2D eigenvalue weighted by Gasteiger charge is -2.16. The second-order valence-electron chi connectivity index (χ2n) is 6.46. The largest absolute Gasteiger partial charge is 0.348 e. The first-order valence-corrected chi connectivity index (χ1v) is 9.34. The lowest BCUT2D eigenvalue weighted by molar-refractivity contribution is 0.0934. The summed E-state index contributed by atoms with van der Waals surface area (Å²) in [5.41, 5.74) is 0.663. The molecule has 4 rings (SSSR count). The Kier molecular flexibility index (Phi) is 4.54. The number of carbonyl (C=O) groups excluding carboxylic acids is 1. The minimum absolute atomic E-state index is 0.0100. The molecule has 1 atom stereocenters. The number of nitrogens with one attached hydrogen (secondary N) is 1. The smallest absolute Gasteiger partial charge is 0.254 e. The highest BCUT2D eigenvalue weighted by molar-refractivity contribution is 7.99. The van der Waals surface area contributed by atoms with Gasteiger partial charge >= 0.3 is 0 Å². The van der Waals surface area contributed by atoms with E-state index >= 15 is 0 Å². The third-order valence-corrected chi connectivity index (χ3v) is 5.62. The van der Waals surface area contributed by atoms with E-state index in [0.29, 0.717) is 5.56 Å². The summed E-state index contributed by atoms with van der Waals surface area (Å²) in [5, 5.41) is 3.96. The van der Waals surface area contributed by atoms with Gasteiger partial charge < -0.3 is 5.32 Å². The predicted molar refractivity (Wildman–Crippen MR) is 95.3 cm³/mol. The van der Waals surface area contributed by atoms with E-state index in [0.717, 1.165) is 35.5 Å². The summed E-state index contributed by atoms with van der Waals surface area (Å²) in [6.45, 7) is 2.09. The Bertz CT molecular complexity index is 718. The Labute approximate surface area is 146 Å². The van der Waals surface area contributed by atoms with Gasteiger partial charge in [0.05, 0.1) is 5.56 Å². The SMILES string of the molecule is O=C(N[C@@H]1CCN(C2CC2)C1)c1cccnc1Sc1ccccc1. The van der Waals surface area contributed by atoms with Crippen LogP contribution in [-0.4, -0.2) is 41.0 Å². The molecule has 5 heteroatoms. The molecule has 1 aliphatic carbocycles. The van der Waals surface area contributed by atoms with Crippen molar-refractivity contribution in [3.63, 3.8) is 0 Å². The Hall–Kier alpha value is -1.85. The zero-order valence-electron chi connectivity index (χ0n) is 13.5. The first kappa shape index (κ1) is 15.7. The Morgan fingerprint density at radius 1 is 1.12 bits per heavy atom. The molecule has 0 spiro atoms. The number of nitrogens with zero attached hydrogens (tertiary/aromatic N) is 2. The van der Waals surface area contributed by atoms with Crippen LogP contribution in [0.2, 0.25) is 0 Å². The average molecular weight is 339 g/mol. The van der Waals surface area contributed by atoms with Crippen molar-refractivity contribution in [1.82, 2.24) is 15.2 Å². The molecule has 1 N–H and O–H groups in total. The van der Waals surface area contributed by atoms with Gasteiger partial charge in [0.1, 0.15) is 5.03 Å². The van der Waals surface area contributed by atoms with Crippen molar-refractivity contribution in [2.75, 3.05) is 13.1 Å². The average Bonchev–Trinajstić information content (AvgIpc) is 3.36. The highest BCUT2D eigenvalue weighted by Gasteiger charge is 2.35. The van der Waals surface area contributed by atoms with Gasteiger partial charge in [-0.25, -0.2) is 4.98 Å². The van der Waals surface area contributed by atoms with Crippen LogP contribution in [0.1, 0.15) is 29.6 Å². The molecule has 1 saturated carbocycles. The van der Waals surface area contributed by atoms with Gasteiger partial charge in [-0.3, -0.25) is 9.69 Å². The van der Waals surface area contributed by atoms with E-state index in [1.807, 2.05) is 42.5 Å². The molecule has 124 valence electrons. The molecule has 1 aliphatic heterocycles. The van der Waals surface area contributed by atoms with Crippen molar-refractivity contribution in [3.05, 3.63) is 54.2 Å². The molecule has 1 saturated heterocycles. The van der Waals surface area contributed by atoms with E-state index in [9.17, 15) is 4.79 Å². The van der Waals surface area contributed by atoms with E-state index < -0.39 is 0 Å². The van der Waals surface area contributed by atoms with E-state index in [1.54, 1.807) is 6.20 Å². The van der Waals surface area contributed by atoms with Crippen LogP contribution >= 0.6 is 11.8 Å². The molecular formula is C19H21N3OS. The van der Waals surface area contributed by atoms with E-state index in [2.05, 4.69) is 15.2 Å². The van der Waals surface area contributed by atoms with Crippen molar-refractivity contribution in [2.24, 2.45) is 0 Å². The predicted octanol–water partition coefficient (Wildman–Crippen LogP) is 3.20. The fraction of sp³-hybridized carbons (Fsp3) is 0.368. The minimum Gasteiger partial charge on any atom is -0.348 e. The van der Waals surface area contributed by atoms with Crippen LogP contribution in [0, 0.1) is 0 Å². The summed E-state index contributed by atoms with van der Waals surface area (Å²) in [7, 11) is 0. The fourth-order valence-electron chi connectivity index (χ4n) is 3.18. The number of hydrogen-bond donors (Lipinski definition) is 1. The number of aromatic nitrogens is 1. The molecule has 24 heavy (non-hydrogen) atoms. The number of amides is 1. The Morgan fingerprint density at radius 3 is 2.75 bits per heavy atom. The summed E-state index contributed by atoms with van der Waals surface area (Å²) in [5.74, 6) is -0.0100. The quantitative estimate of drug-likeness (QED) is 0.909. The van der Waals surface area contributed by atoms with Crippen molar-refractivity contribution < 1.29 is 4.79 Å². The summed E-state index contributed by atoms with van der Waals surface area (Å²) >= 11 is 1.53. The Morgan fingerprint density at radius 2 is 1.96 bits per heavy atom. The van der Waals surface area contributed by atoms with Gasteiger partial charge in [0, 0.05) is 36.3 Å². The van der Waals surface area contributed by atoms with Crippen LogP contribution in [0.15, 0.2) is 58.6 Å². The number of rotatable bonds is 5. The normalized spacial score (nSPS) is 20.9. The lowest BCUT2D eigenvalue weighted by Crippen LogP contribution is -2.37. The lowest BCUT2D eigenvalue weighted by atomic mass is 10.2. The molecule has 2 fully saturated rings. The minimum atomic E-state index is -0.0100. The van der Waals surface area contributed by atoms with Crippen molar-refractivity contribution >= 4 is 17.7 Å². The molecule has 0 bridgehead atoms. The third-order valence-electron chi connectivity index (χ3n) is 4.59. The first-order chi connectivity index (χ1) is 11.8. The van der Waals surface area contributed by atoms with Crippen LogP contribution in [0.5, 0.6) is 0 Å². The molecule has 0 radical (unpaired) electrons. The molecule has 1 aromatic heterocycles. The van der Waals surface area contributed by atoms with Crippen LogP contribution in [-0.2, 0) is 0 Å². The molecule has 2 heterocycles. The van der Waals surface area contributed by atoms with Gasteiger partial charge in [-0.1, -0.05) is 30.0 Å². The number of pyridine rings is 1. The summed E-state index contributed by atoms with van der Waals surface area (Å²) in [6.07, 6.45) is 5.43.